The van der Waals surface area contributed by atoms with Crippen LogP contribution in [0.3, 0.4) is 0 Å². The van der Waals surface area contributed by atoms with Crippen LogP contribution in [0.4, 0.5) is 5.82 Å². The fourth-order valence-corrected chi connectivity index (χ4v) is 1.68. The molecule has 1 amide bonds. The number of morpholine rings is 1. The molecule has 1 fully saturated rings. The van der Waals surface area contributed by atoms with Crippen molar-refractivity contribution in [3.63, 3.8) is 0 Å². The number of hydrogen-bond donors (Lipinski definition) is 1. The Labute approximate surface area is 107 Å². The Morgan fingerprint density at radius 1 is 1.39 bits per heavy atom. The summed E-state index contributed by atoms with van der Waals surface area (Å²) < 4.78 is 5.26. The van der Waals surface area contributed by atoms with Crippen LogP contribution >= 0.6 is 0 Å². The first-order valence-electron chi connectivity index (χ1n) is 5.94. The van der Waals surface area contributed by atoms with E-state index < -0.39 is 0 Å². The maximum atomic E-state index is 11.7. The monoisotopic (exact) mass is 250 g/mol. The molecule has 1 N–H and O–H groups in total. The molecule has 98 valence electrons. The van der Waals surface area contributed by atoms with Gasteiger partial charge in [0.05, 0.1) is 18.8 Å². The quantitative estimate of drug-likeness (QED) is 0.843. The number of aromatic nitrogens is 1. The third-order valence-corrected chi connectivity index (χ3v) is 2.70. The lowest BCUT2D eigenvalue weighted by Gasteiger charge is -2.27. The number of hydrazine groups is 1. The average molecular weight is 250 g/mol. The summed E-state index contributed by atoms with van der Waals surface area (Å²) in [7, 11) is 3.45. The highest BCUT2D eigenvalue weighted by molar-refractivity contribution is 5.93. The lowest BCUT2D eigenvalue weighted by Crippen LogP contribution is -2.40. The summed E-state index contributed by atoms with van der Waals surface area (Å²) in [6.45, 7) is 3.12. The lowest BCUT2D eigenvalue weighted by atomic mass is 10.2. The Balaban J connectivity index is 1.96. The normalized spacial score (nSPS) is 16.3. The topological polar surface area (TPSA) is 57.7 Å². The predicted molar refractivity (Wildman–Crippen MR) is 68.3 cm³/mol. The van der Waals surface area contributed by atoms with E-state index in [2.05, 4.69) is 15.4 Å². The summed E-state index contributed by atoms with van der Waals surface area (Å²) in [5, 5.41) is 2.05. The van der Waals surface area contributed by atoms with Crippen LogP contribution in [0.25, 0.3) is 0 Å². The molecule has 2 rings (SSSR count). The van der Waals surface area contributed by atoms with Gasteiger partial charge in [-0.2, -0.15) is 0 Å². The maximum Gasteiger partial charge on any atom is 0.254 e. The summed E-state index contributed by atoms with van der Waals surface area (Å²) >= 11 is 0. The second-order valence-corrected chi connectivity index (χ2v) is 4.34. The Morgan fingerprint density at radius 3 is 2.67 bits per heavy atom. The second kappa shape index (κ2) is 5.79. The van der Waals surface area contributed by atoms with Crippen LogP contribution in [-0.4, -0.2) is 61.2 Å². The molecule has 0 spiro atoms. The molecule has 0 aliphatic carbocycles. The van der Waals surface area contributed by atoms with Crippen LogP contribution in [0.15, 0.2) is 18.3 Å². The molecule has 0 bridgehead atoms. The van der Waals surface area contributed by atoms with Crippen molar-refractivity contribution in [1.82, 2.24) is 14.9 Å². The summed E-state index contributed by atoms with van der Waals surface area (Å²) in [6, 6.07) is 3.59. The van der Waals surface area contributed by atoms with Crippen molar-refractivity contribution in [1.29, 1.82) is 0 Å². The fraction of sp³-hybridized carbons (Fsp3) is 0.500. The van der Waals surface area contributed by atoms with Crippen molar-refractivity contribution in [2.24, 2.45) is 0 Å². The average Bonchev–Trinajstić information content (AvgIpc) is 2.40. The van der Waals surface area contributed by atoms with Gasteiger partial charge in [-0.15, -0.1) is 0 Å². The molecule has 0 saturated carbocycles. The van der Waals surface area contributed by atoms with Crippen LogP contribution < -0.4 is 5.43 Å². The van der Waals surface area contributed by atoms with Gasteiger partial charge < -0.3 is 15.1 Å². The molecular formula is C12H18N4O2. The van der Waals surface area contributed by atoms with Crippen molar-refractivity contribution in [3.05, 3.63) is 23.9 Å². The van der Waals surface area contributed by atoms with Gasteiger partial charge in [0.25, 0.3) is 5.91 Å². The van der Waals surface area contributed by atoms with Crippen LogP contribution in [-0.2, 0) is 4.74 Å². The molecule has 1 aliphatic heterocycles. The smallest absolute Gasteiger partial charge is 0.254 e. The Kier molecular flexibility index (Phi) is 4.11. The third kappa shape index (κ3) is 3.18. The van der Waals surface area contributed by atoms with E-state index in [9.17, 15) is 4.79 Å². The molecule has 0 unspecified atom stereocenters. The maximum absolute atomic E-state index is 11.7. The van der Waals surface area contributed by atoms with E-state index >= 15 is 0 Å². The van der Waals surface area contributed by atoms with E-state index in [1.807, 2.05) is 6.07 Å². The number of pyridine rings is 1. The van der Waals surface area contributed by atoms with Crippen LogP contribution in [0.1, 0.15) is 10.4 Å². The Hall–Kier alpha value is -1.66. The highest BCUT2D eigenvalue weighted by Crippen LogP contribution is 2.08. The molecule has 1 aromatic rings. The first kappa shape index (κ1) is 12.8. The molecule has 1 saturated heterocycles. The van der Waals surface area contributed by atoms with E-state index in [4.69, 9.17) is 4.74 Å². The standard InChI is InChI=1S/C12H18N4O2/c1-15(2)12(17)10-3-4-11(13-9-10)14-16-5-7-18-8-6-16/h3-4,9H,5-8H2,1-2H3,(H,13,14). The lowest BCUT2D eigenvalue weighted by molar-refractivity contribution is 0.0495. The molecule has 0 atom stereocenters. The van der Waals surface area contributed by atoms with Crippen molar-refractivity contribution in [3.8, 4) is 0 Å². The summed E-state index contributed by atoms with van der Waals surface area (Å²) in [5.74, 6) is 0.702. The highest BCUT2D eigenvalue weighted by atomic mass is 16.5. The van der Waals surface area contributed by atoms with E-state index in [0.29, 0.717) is 5.56 Å². The van der Waals surface area contributed by atoms with Crippen molar-refractivity contribution in [2.75, 3.05) is 45.8 Å². The first-order valence-corrected chi connectivity index (χ1v) is 5.94. The van der Waals surface area contributed by atoms with Crippen LogP contribution in [0.2, 0.25) is 0 Å². The number of carbonyl (C=O) groups is 1. The number of rotatable bonds is 3. The van der Waals surface area contributed by atoms with Crippen molar-refractivity contribution in [2.45, 2.75) is 0 Å². The van der Waals surface area contributed by atoms with Gasteiger partial charge in [-0.25, -0.2) is 9.99 Å². The zero-order valence-electron chi connectivity index (χ0n) is 10.7. The molecule has 0 radical (unpaired) electrons. The minimum Gasteiger partial charge on any atom is -0.379 e. The van der Waals surface area contributed by atoms with Crippen molar-refractivity contribution < 1.29 is 9.53 Å². The van der Waals surface area contributed by atoms with E-state index in [1.54, 1.807) is 26.4 Å². The van der Waals surface area contributed by atoms with E-state index in [0.717, 1.165) is 32.1 Å². The number of nitrogens with zero attached hydrogens (tertiary/aromatic N) is 3. The molecule has 1 aromatic heterocycles. The number of hydrogen-bond acceptors (Lipinski definition) is 5. The number of carbonyl (C=O) groups excluding carboxylic acids is 1. The SMILES string of the molecule is CN(C)C(=O)c1ccc(NN2CCOCC2)nc1. The molecule has 6 heteroatoms. The second-order valence-electron chi connectivity index (χ2n) is 4.34. The molecule has 2 heterocycles. The van der Waals surface area contributed by atoms with E-state index in [-0.39, 0.29) is 5.91 Å². The zero-order valence-corrected chi connectivity index (χ0v) is 10.7. The Morgan fingerprint density at radius 2 is 2.11 bits per heavy atom. The van der Waals surface area contributed by atoms with Gasteiger partial charge >= 0.3 is 0 Å². The summed E-state index contributed by atoms with van der Waals surface area (Å²) in [4.78, 5) is 17.5. The molecule has 18 heavy (non-hydrogen) atoms. The Bertz CT molecular complexity index is 399. The van der Waals surface area contributed by atoms with Gasteiger partial charge in [0, 0.05) is 33.4 Å². The molecule has 0 aromatic carbocycles. The summed E-state index contributed by atoms with van der Waals surface area (Å²) in [5.41, 5.74) is 3.78. The molecule has 1 aliphatic rings. The van der Waals surface area contributed by atoms with Gasteiger partial charge in [-0.3, -0.25) is 4.79 Å². The van der Waals surface area contributed by atoms with Gasteiger partial charge in [-0.05, 0) is 12.1 Å². The fourth-order valence-electron chi connectivity index (χ4n) is 1.68. The summed E-state index contributed by atoms with van der Waals surface area (Å²) in [6.07, 6.45) is 1.59. The highest BCUT2D eigenvalue weighted by Gasteiger charge is 2.11. The third-order valence-electron chi connectivity index (χ3n) is 2.70. The molecule has 6 nitrogen and oxygen atoms in total. The van der Waals surface area contributed by atoms with Crippen LogP contribution in [0, 0.1) is 0 Å². The van der Waals surface area contributed by atoms with Crippen LogP contribution in [0.5, 0.6) is 0 Å². The minimum atomic E-state index is -0.0413. The number of ether oxygens (including phenoxy) is 1. The predicted octanol–water partition coefficient (Wildman–Crippen LogP) is 0.442. The first-order chi connectivity index (χ1) is 8.66. The molecular weight excluding hydrogens is 232 g/mol. The minimum absolute atomic E-state index is 0.0413. The van der Waals surface area contributed by atoms with Gasteiger partial charge in [0.1, 0.15) is 5.82 Å². The van der Waals surface area contributed by atoms with Gasteiger partial charge in [-0.1, -0.05) is 0 Å². The van der Waals surface area contributed by atoms with Gasteiger partial charge in [0.15, 0.2) is 0 Å². The number of anilines is 1. The number of amides is 1. The van der Waals surface area contributed by atoms with E-state index in [1.165, 1.54) is 4.90 Å². The zero-order chi connectivity index (χ0) is 13.0. The van der Waals surface area contributed by atoms with Gasteiger partial charge in [0.2, 0.25) is 0 Å². The number of nitrogens with one attached hydrogen (secondary N) is 1. The largest absolute Gasteiger partial charge is 0.379 e. The van der Waals surface area contributed by atoms with Crippen molar-refractivity contribution >= 4 is 11.7 Å².